The molecule has 3 heteroatoms. The molecule has 0 aliphatic carbocycles. The van der Waals surface area contributed by atoms with Crippen molar-refractivity contribution in [1.82, 2.24) is 5.32 Å². The lowest BCUT2D eigenvalue weighted by molar-refractivity contribution is -0.119. The lowest BCUT2D eigenvalue weighted by Gasteiger charge is -2.17. The zero-order chi connectivity index (χ0) is 7.72. The van der Waals surface area contributed by atoms with Crippen LogP contribution in [-0.2, 0) is 4.79 Å². The molecule has 1 fully saturated rings. The van der Waals surface area contributed by atoms with Crippen LogP contribution in [0.3, 0.4) is 0 Å². The Hall–Kier alpha value is -0.570. The fourth-order valence-electron chi connectivity index (χ4n) is 1.27. The Balaban J connectivity index is 2.54. The van der Waals surface area contributed by atoms with Crippen molar-refractivity contribution in [3.63, 3.8) is 0 Å². The summed E-state index contributed by atoms with van der Waals surface area (Å²) in [5.41, 5.74) is 0. The summed E-state index contributed by atoms with van der Waals surface area (Å²) in [4.78, 5) is 10.7. The van der Waals surface area contributed by atoms with Gasteiger partial charge >= 0.3 is 0 Å². The normalized spacial score (nSPS) is 33.0. The monoisotopic (exact) mass is 143 g/mol. The number of aliphatic hydroxyl groups excluding tert-OH is 1. The van der Waals surface area contributed by atoms with Gasteiger partial charge in [0.15, 0.2) is 0 Å². The molecule has 58 valence electrons. The third-order valence-corrected chi connectivity index (χ3v) is 1.85. The van der Waals surface area contributed by atoms with Crippen molar-refractivity contribution in [1.29, 1.82) is 0 Å². The molecule has 10 heavy (non-hydrogen) atoms. The first-order valence-corrected chi connectivity index (χ1v) is 3.58. The van der Waals surface area contributed by atoms with E-state index >= 15 is 0 Å². The van der Waals surface area contributed by atoms with Crippen LogP contribution in [0.2, 0.25) is 0 Å². The van der Waals surface area contributed by atoms with E-state index in [0.29, 0.717) is 5.92 Å². The number of carbonyl (C=O) groups is 1. The van der Waals surface area contributed by atoms with E-state index < -0.39 is 6.10 Å². The topological polar surface area (TPSA) is 49.3 Å². The first kappa shape index (κ1) is 7.54. The highest BCUT2D eigenvalue weighted by molar-refractivity contribution is 5.79. The van der Waals surface area contributed by atoms with Gasteiger partial charge in [0, 0.05) is 0 Å². The summed E-state index contributed by atoms with van der Waals surface area (Å²) in [5.74, 6) is 0.285. The molecular weight excluding hydrogens is 130 g/mol. The van der Waals surface area contributed by atoms with Gasteiger partial charge in [-0.3, -0.25) is 4.79 Å². The van der Waals surface area contributed by atoms with Crippen LogP contribution in [0.4, 0.5) is 0 Å². The first-order valence-electron chi connectivity index (χ1n) is 3.58. The minimum absolute atomic E-state index is 0.0347. The molecule has 1 aliphatic rings. The van der Waals surface area contributed by atoms with Crippen molar-refractivity contribution >= 4 is 5.91 Å². The van der Waals surface area contributed by atoms with Crippen molar-refractivity contribution in [2.24, 2.45) is 5.92 Å². The molecule has 0 aromatic carbocycles. The Bertz CT molecular complexity index is 145. The highest BCUT2D eigenvalue weighted by atomic mass is 16.3. The Morgan fingerprint density at radius 3 is 2.50 bits per heavy atom. The Morgan fingerprint density at radius 2 is 2.30 bits per heavy atom. The fraction of sp³-hybridized carbons (Fsp3) is 0.857. The Morgan fingerprint density at radius 1 is 1.70 bits per heavy atom. The summed E-state index contributed by atoms with van der Waals surface area (Å²) in [6, 6.07) is -0.0347. The van der Waals surface area contributed by atoms with E-state index in [2.05, 4.69) is 5.32 Å². The van der Waals surface area contributed by atoms with Gasteiger partial charge in [0.25, 0.3) is 0 Å². The van der Waals surface area contributed by atoms with Gasteiger partial charge in [0.05, 0.1) is 18.6 Å². The van der Waals surface area contributed by atoms with Crippen molar-refractivity contribution in [3.8, 4) is 0 Å². The van der Waals surface area contributed by atoms with Crippen molar-refractivity contribution in [3.05, 3.63) is 0 Å². The van der Waals surface area contributed by atoms with Gasteiger partial charge < -0.3 is 10.4 Å². The summed E-state index contributed by atoms with van der Waals surface area (Å²) in [6.45, 7) is 3.97. The average Bonchev–Trinajstić information content (AvgIpc) is 2.10. The summed E-state index contributed by atoms with van der Waals surface area (Å²) in [7, 11) is 0. The van der Waals surface area contributed by atoms with Gasteiger partial charge in [0.2, 0.25) is 5.91 Å². The number of hydrogen-bond acceptors (Lipinski definition) is 2. The van der Waals surface area contributed by atoms with E-state index in [-0.39, 0.29) is 18.4 Å². The molecule has 1 saturated heterocycles. The predicted octanol–water partition coefficient (Wildman–Crippen LogP) is -0.108. The molecule has 0 bridgehead atoms. The van der Waals surface area contributed by atoms with Crippen LogP contribution in [0.5, 0.6) is 0 Å². The second-order valence-corrected chi connectivity index (χ2v) is 3.11. The smallest absolute Gasteiger partial charge is 0.222 e. The van der Waals surface area contributed by atoms with Crippen LogP contribution in [-0.4, -0.2) is 23.2 Å². The largest absolute Gasteiger partial charge is 0.390 e. The maximum absolute atomic E-state index is 10.7. The number of hydrogen-bond donors (Lipinski definition) is 2. The second-order valence-electron chi connectivity index (χ2n) is 3.11. The molecule has 1 aliphatic heterocycles. The van der Waals surface area contributed by atoms with Gasteiger partial charge in [-0.15, -0.1) is 0 Å². The third-order valence-electron chi connectivity index (χ3n) is 1.85. The van der Waals surface area contributed by atoms with Crippen LogP contribution >= 0.6 is 0 Å². The minimum Gasteiger partial charge on any atom is -0.390 e. The van der Waals surface area contributed by atoms with Crippen molar-refractivity contribution in [2.75, 3.05) is 0 Å². The molecule has 0 saturated carbocycles. The highest BCUT2D eigenvalue weighted by Crippen LogP contribution is 2.15. The van der Waals surface area contributed by atoms with Crippen LogP contribution in [0, 0.1) is 5.92 Å². The molecule has 0 aromatic rings. The number of amides is 1. The number of nitrogens with one attached hydrogen (secondary N) is 1. The standard InChI is InChI=1S/C7H13NO2/c1-4(2)7-5(9)3-6(10)8-7/h4-5,7,9H,3H2,1-2H3,(H,8,10)/t5-,7-/m0/s1. The van der Waals surface area contributed by atoms with E-state index in [1.807, 2.05) is 13.8 Å². The van der Waals surface area contributed by atoms with Crippen molar-refractivity contribution in [2.45, 2.75) is 32.4 Å². The highest BCUT2D eigenvalue weighted by Gasteiger charge is 2.32. The average molecular weight is 143 g/mol. The Kier molecular flexibility index (Phi) is 1.94. The second kappa shape index (κ2) is 2.58. The molecule has 1 rings (SSSR count). The maximum Gasteiger partial charge on any atom is 0.222 e. The molecular formula is C7H13NO2. The zero-order valence-corrected chi connectivity index (χ0v) is 6.29. The predicted molar refractivity (Wildman–Crippen MR) is 37.4 cm³/mol. The zero-order valence-electron chi connectivity index (χ0n) is 6.29. The molecule has 1 amide bonds. The van der Waals surface area contributed by atoms with E-state index in [9.17, 15) is 9.90 Å². The number of carbonyl (C=O) groups excluding carboxylic acids is 1. The molecule has 2 N–H and O–H groups in total. The fourth-order valence-corrected chi connectivity index (χ4v) is 1.27. The number of aliphatic hydroxyl groups is 1. The van der Waals surface area contributed by atoms with Crippen LogP contribution in [0.1, 0.15) is 20.3 Å². The quantitative estimate of drug-likeness (QED) is 0.538. The number of rotatable bonds is 1. The molecule has 0 unspecified atom stereocenters. The molecule has 1 heterocycles. The van der Waals surface area contributed by atoms with Crippen LogP contribution < -0.4 is 5.32 Å². The molecule has 0 aromatic heterocycles. The molecule has 0 radical (unpaired) electrons. The summed E-state index contributed by atoms with van der Waals surface area (Å²) in [6.07, 6.45) is -0.212. The van der Waals surface area contributed by atoms with E-state index in [4.69, 9.17) is 0 Å². The summed E-state index contributed by atoms with van der Waals surface area (Å²) in [5, 5.41) is 12.0. The van der Waals surface area contributed by atoms with E-state index in [1.54, 1.807) is 0 Å². The summed E-state index contributed by atoms with van der Waals surface area (Å²) < 4.78 is 0. The minimum atomic E-state index is -0.479. The van der Waals surface area contributed by atoms with Gasteiger partial charge in [0.1, 0.15) is 0 Å². The van der Waals surface area contributed by atoms with Crippen LogP contribution in [0.15, 0.2) is 0 Å². The molecule has 2 atom stereocenters. The van der Waals surface area contributed by atoms with E-state index in [0.717, 1.165) is 0 Å². The third kappa shape index (κ3) is 1.29. The lowest BCUT2D eigenvalue weighted by atomic mass is 10.0. The maximum atomic E-state index is 10.7. The van der Waals surface area contributed by atoms with E-state index in [1.165, 1.54) is 0 Å². The van der Waals surface area contributed by atoms with Crippen molar-refractivity contribution < 1.29 is 9.90 Å². The Labute approximate surface area is 60.4 Å². The SMILES string of the molecule is CC(C)[C@@H]1NC(=O)C[C@@H]1O. The lowest BCUT2D eigenvalue weighted by Crippen LogP contribution is -2.36. The molecule has 3 nitrogen and oxygen atoms in total. The summed E-state index contributed by atoms with van der Waals surface area (Å²) >= 11 is 0. The van der Waals surface area contributed by atoms with Gasteiger partial charge in [-0.05, 0) is 5.92 Å². The molecule has 0 spiro atoms. The van der Waals surface area contributed by atoms with Gasteiger partial charge in [-0.25, -0.2) is 0 Å². The van der Waals surface area contributed by atoms with Crippen LogP contribution in [0.25, 0.3) is 0 Å². The van der Waals surface area contributed by atoms with Gasteiger partial charge in [-0.2, -0.15) is 0 Å². The van der Waals surface area contributed by atoms with Gasteiger partial charge in [-0.1, -0.05) is 13.8 Å². The first-order chi connectivity index (χ1) is 4.61.